The molecule has 1 heterocycles. The van der Waals surface area contributed by atoms with E-state index in [2.05, 4.69) is 0 Å². The average molecular weight is 322 g/mol. The minimum atomic E-state index is -4.39. The highest BCUT2D eigenvalue weighted by Gasteiger charge is 2.36. The van der Waals surface area contributed by atoms with Gasteiger partial charge in [-0.25, -0.2) is 0 Å². The maximum atomic E-state index is 12.5. The first-order valence-corrected chi connectivity index (χ1v) is 7.03. The molecule has 0 atom stereocenters. The van der Waals surface area contributed by atoms with Crippen LogP contribution < -0.4 is 0 Å². The summed E-state index contributed by atoms with van der Waals surface area (Å²) in [5.74, 6) is -0.315. The van der Waals surface area contributed by atoms with Crippen LogP contribution in [0.4, 0.5) is 13.2 Å². The fraction of sp³-hybridized carbons (Fsp3) is 0.500. The molecule has 0 radical (unpaired) electrons. The van der Waals surface area contributed by atoms with E-state index in [1.54, 1.807) is 4.90 Å². The summed E-state index contributed by atoms with van der Waals surface area (Å²) in [4.78, 5) is 13.0. The van der Waals surface area contributed by atoms with Crippen molar-refractivity contribution in [2.45, 2.75) is 24.6 Å². The zero-order valence-electron chi connectivity index (χ0n) is 11.2. The average Bonchev–Trinajstić information content (AvgIpc) is 2.46. The lowest BCUT2D eigenvalue weighted by molar-refractivity contribution is -0.138. The number of carbonyl (C=O) groups excluding carboxylic acids is 1. The number of carbonyl (C=O) groups is 1. The van der Waals surface area contributed by atoms with Gasteiger partial charge in [-0.2, -0.15) is 13.2 Å². The van der Waals surface area contributed by atoms with Crippen LogP contribution in [0.5, 0.6) is 0 Å². The van der Waals surface area contributed by atoms with E-state index in [0.717, 1.165) is 12.1 Å². The lowest BCUT2D eigenvalue weighted by Gasteiger charge is -2.38. The van der Waals surface area contributed by atoms with Crippen LogP contribution in [0.15, 0.2) is 24.3 Å². The van der Waals surface area contributed by atoms with Crippen LogP contribution >= 0.6 is 11.6 Å². The van der Waals surface area contributed by atoms with Gasteiger partial charge in [-0.15, -0.1) is 11.6 Å². The molecule has 1 N–H and O–H groups in total. The van der Waals surface area contributed by atoms with Crippen molar-refractivity contribution in [3.05, 3.63) is 35.4 Å². The van der Waals surface area contributed by atoms with Gasteiger partial charge >= 0.3 is 6.18 Å². The molecule has 1 aromatic carbocycles. The minimum absolute atomic E-state index is 0.112. The first-order valence-electron chi connectivity index (χ1n) is 6.50. The molecule has 0 bridgehead atoms. The van der Waals surface area contributed by atoms with E-state index >= 15 is 0 Å². The summed E-state index contributed by atoms with van der Waals surface area (Å²) < 4.78 is 37.6. The van der Waals surface area contributed by atoms with E-state index in [-0.39, 0.29) is 24.6 Å². The summed E-state index contributed by atoms with van der Waals surface area (Å²) in [5, 5.41) is 10.6. The van der Waals surface area contributed by atoms with Gasteiger partial charge in [0.2, 0.25) is 5.91 Å². The minimum Gasteiger partial charge on any atom is -0.385 e. The van der Waals surface area contributed by atoms with Crippen LogP contribution in [0.3, 0.4) is 0 Å². The molecule has 7 heteroatoms. The zero-order chi connectivity index (χ0) is 15.7. The highest BCUT2D eigenvalue weighted by Crippen LogP contribution is 2.35. The molecule has 1 aliphatic heterocycles. The molecular weight excluding hydrogens is 307 g/mol. The molecule has 0 aliphatic carbocycles. The number of rotatable bonds is 2. The molecule has 116 valence electrons. The third kappa shape index (κ3) is 3.49. The smallest absolute Gasteiger partial charge is 0.385 e. The van der Waals surface area contributed by atoms with Gasteiger partial charge in [0.15, 0.2) is 0 Å². The highest BCUT2D eigenvalue weighted by atomic mass is 35.5. The number of likely N-dealkylation sites (tertiary alicyclic amines) is 1. The number of aliphatic hydroxyl groups is 1. The Balaban J connectivity index is 2.10. The molecule has 1 fully saturated rings. The molecule has 0 saturated carbocycles. The van der Waals surface area contributed by atoms with Crippen LogP contribution in [-0.4, -0.2) is 34.9 Å². The Hall–Kier alpha value is -1.27. The molecule has 1 aliphatic rings. The third-order valence-electron chi connectivity index (χ3n) is 3.81. The van der Waals surface area contributed by atoms with Crippen molar-refractivity contribution < 1.29 is 23.1 Å². The molecule has 1 saturated heterocycles. The van der Waals surface area contributed by atoms with Gasteiger partial charge in [0, 0.05) is 13.1 Å². The maximum Gasteiger partial charge on any atom is 0.416 e. The van der Waals surface area contributed by atoms with Crippen molar-refractivity contribution in [2.75, 3.05) is 19.0 Å². The molecule has 2 rings (SSSR count). The van der Waals surface area contributed by atoms with Crippen LogP contribution in [0, 0.1) is 0 Å². The Morgan fingerprint density at radius 1 is 1.24 bits per heavy atom. The van der Waals surface area contributed by atoms with Crippen LogP contribution in [0.25, 0.3) is 0 Å². The SMILES string of the molecule is O=C(CCl)N1CCC(O)(c2ccc(C(F)(F)F)cc2)CC1. The number of halogens is 4. The van der Waals surface area contributed by atoms with E-state index in [1.165, 1.54) is 12.1 Å². The van der Waals surface area contributed by atoms with Gasteiger partial charge in [0.05, 0.1) is 11.2 Å². The third-order valence-corrected chi connectivity index (χ3v) is 4.04. The summed E-state index contributed by atoms with van der Waals surface area (Å²) in [6.07, 6.45) is -3.83. The van der Waals surface area contributed by atoms with Crippen molar-refractivity contribution in [3.8, 4) is 0 Å². The number of piperidine rings is 1. The van der Waals surface area contributed by atoms with E-state index in [1.807, 2.05) is 0 Å². The Bertz CT molecular complexity index is 508. The van der Waals surface area contributed by atoms with Crippen molar-refractivity contribution in [1.82, 2.24) is 4.90 Å². The molecule has 0 unspecified atom stereocenters. The quantitative estimate of drug-likeness (QED) is 0.851. The van der Waals surface area contributed by atoms with Crippen molar-refractivity contribution in [2.24, 2.45) is 0 Å². The fourth-order valence-corrected chi connectivity index (χ4v) is 2.64. The van der Waals surface area contributed by atoms with E-state index in [0.29, 0.717) is 18.7 Å². The second-order valence-electron chi connectivity index (χ2n) is 5.12. The second kappa shape index (κ2) is 5.85. The monoisotopic (exact) mass is 321 g/mol. The van der Waals surface area contributed by atoms with Gasteiger partial charge in [-0.1, -0.05) is 12.1 Å². The predicted molar refractivity (Wildman–Crippen MR) is 71.9 cm³/mol. The Labute approximate surface area is 125 Å². The molecule has 1 amide bonds. The van der Waals surface area contributed by atoms with Crippen LogP contribution in [-0.2, 0) is 16.6 Å². The highest BCUT2D eigenvalue weighted by molar-refractivity contribution is 6.27. The summed E-state index contributed by atoms with van der Waals surface area (Å²) in [5.41, 5.74) is -1.51. The number of hydrogen-bond acceptors (Lipinski definition) is 2. The van der Waals surface area contributed by atoms with Gasteiger partial charge in [0.1, 0.15) is 5.88 Å². The Kier molecular flexibility index (Phi) is 4.49. The second-order valence-corrected chi connectivity index (χ2v) is 5.39. The first-order chi connectivity index (χ1) is 9.76. The molecule has 0 aromatic heterocycles. The van der Waals surface area contributed by atoms with Gasteiger partial charge in [0.25, 0.3) is 0 Å². The topological polar surface area (TPSA) is 40.5 Å². The summed E-state index contributed by atoms with van der Waals surface area (Å²) in [7, 11) is 0. The molecule has 3 nitrogen and oxygen atoms in total. The number of amides is 1. The molecule has 21 heavy (non-hydrogen) atoms. The van der Waals surface area contributed by atoms with E-state index in [4.69, 9.17) is 11.6 Å². The number of benzene rings is 1. The van der Waals surface area contributed by atoms with Crippen LogP contribution in [0.2, 0.25) is 0 Å². The lowest BCUT2D eigenvalue weighted by Crippen LogP contribution is -2.45. The summed E-state index contributed by atoms with van der Waals surface area (Å²) in [6, 6.07) is 4.51. The van der Waals surface area contributed by atoms with Gasteiger partial charge < -0.3 is 10.0 Å². The van der Waals surface area contributed by atoms with Crippen LogP contribution in [0.1, 0.15) is 24.0 Å². The normalized spacial score (nSPS) is 18.6. The van der Waals surface area contributed by atoms with Crippen molar-refractivity contribution >= 4 is 17.5 Å². The van der Waals surface area contributed by atoms with Crippen molar-refractivity contribution in [1.29, 1.82) is 0 Å². The number of alkyl halides is 4. The standard InChI is InChI=1S/C14H15ClF3NO2/c15-9-12(20)19-7-5-13(21,6-8-19)10-1-3-11(4-2-10)14(16,17)18/h1-4,21H,5-9H2. The maximum absolute atomic E-state index is 12.5. The largest absolute Gasteiger partial charge is 0.416 e. The summed E-state index contributed by atoms with van der Waals surface area (Å²) in [6.45, 7) is 0.673. The number of hydrogen-bond donors (Lipinski definition) is 1. The Morgan fingerprint density at radius 2 is 1.76 bits per heavy atom. The van der Waals surface area contributed by atoms with Gasteiger partial charge in [-0.3, -0.25) is 4.79 Å². The Morgan fingerprint density at radius 3 is 2.19 bits per heavy atom. The number of nitrogens with zero attached hydrogens (tertiary/aromatic N) is 1. The van der Waals surface area contributed by atoms with E-state index < -0.39 is 17.3 Å². The molecule has 0 spiro atoms. The molecule has 1 aromatic rings. The predicted octanol–water partition coefficient (Wildman–Crippen LogP) is 2.75. The first kappa shape index (κ1) is 16.1. The van der Waals surface area contributed by atoms with Gasteiger partial charge in [-0.05, 0) is 30.5 Å². The van der Waals surface area contributed by atoms with E-state index in [9.17, 15) is 23.1 Å². The lowest BCUT2D eigenvalue weighted by atomic mass is 9.84. The zero-order valence-corrected chi connectivity index (χ0v) is 11.9. The summed E-state index contributed by atoms with van der Waals surface area (Å²) >= 11 is 5.47. The molecular formula is C14H15ClF3NO2. The van der Waals surface area contributed by atoms with Crippen molar-refractivity contribution in [3.63, 3.8) is 0 Å². The fourth-order valence-electron chi connectivity index (χ4n) is 2.47.